The lowest BCUT2D eigenvalue weighted by molar-refractivity contribution is 0.199. The van der Waals surface area contributed by atoms with Crippen molar-refractivity contribution in [2.24, 2.45) is 0 Å². The summed E-state index contributed by atoms with van der Waals surface area (Å²) in [6.45, 7) is 4.60. The molecule has 0 fully saturated rings. The maximum absolute atomic E-state index is 4.98. The molecule has 0 aliphatic rings. The van der Waals surface area contributed by atoms with E-state index >= 15 is 0 Å². The average Bonchev–Trinajstić information content (AvgIpc) is 3.05. The zero-order valence-electron chi connectivity index (χ0n) is 12.6. The summed E-state index contributed by atoms with van der Waals surface area (Å²) in [7, 11) is 1.72. The monoisotopic (exact) mass is 288 g/mol. The number of ether oxygens (including phenoxy) is 1. The summed E-state index contributed by atoms with van der Waals surface area (Å²) < 4.78 is 6.86. The largest absolute Gasteiger partial charge is 0.383 e. The van der Waals surface area contributed by atoms with Crippen molar-refractivity contribution in [2.45, 2.75) is 13.0 Å². The summed E-state index contributed by atoms with van der Waals surface area (Å²) in [5.41, 5.74) is 2.37. The predicted molar refractivity (Wildman–Crippen MR) is 84.6 cm³/mol. The molecule has 0 radical (unpaired) electrons. The quantitative estimate of drug-likeness (QED) is 0.652. The van der Waals surface area contributed by atoms with Crippen LogP contribution in [0.4, 0.5) is 0 Å². The van der Waals surface area contributed by atoms with Crippen LogP contribution in [0.1, 0.15) is 12.0 Å². The van der Waals surface area contributed by atoms with Gasteiger partial charge in [-0.15, -0.1) is 0 Å². The van der Waals surface area contributed by atoms with Gasteiger partial charge in [-0.3, -0.25) is 0 Å². The first-order valence-electron chi connectivity index (χ1n) is 7.39. The van der Waals surface area contributed by atoms with E-state index in [4.69, 9.17) is 4.74 Å². The van der Waals surface area contributed by atoms with Crippen LogP contribution in [0.3, 0.4) is 0 Å². The van der Waals surface area contributed by atoms with Crippen LogP contribution in [0.25, 0.3) is 5.69 Å². The van der Waals surface area contributed by atoms with Crippen LogP contribution in [-0.2, 0) is 11.3 Å². The lowest BCUT2D eigenvalue weighted by Crippen LogP contribution is -2.24. The molecule has 114 valence electrons. The third kappa shape index (κ3) is 5.67. The minimum Gasteiger partial charge on any atom is -0.383 e. The Morgan fingerprint density at radius 1 is 1.14 bits per heavy atom. The highest BCUT2D eigenvalue weighted by Crippen LogP contribution is 2.09. The van der Waals surface area contributed by atoms with Gasteiger partial charge in [0.05, 0.1) is 12.3 Å². The molecular formula is C16H24N4O. The van der Waals surface area contributed by atoms with E-state index in [1.165, 1.54) is 5.56 Å². The van der Waals surface area contributed by atoms with Gasteiger partial charge < -0.3 is 15.4 Å². The molecule has 0 amide bonds. The van der Waals surface area contributed by atoms with E-state index in [1.807, 2.05) is 16.9 Å². The third-order valence-electron chi connectivity index (χ3n) is 3.20. The van der Waals surface area contributed by atoms with Crippen molar-refractivity contribution in [1.29, 1.82) is 0 Å². The van der Waals surface area contributed by atoms with Crippen LogP contribution in [0.5, 0.6) is 0 Å². The number of hydrogen-bond donors (Lipinski definition) is 2. The van der Waals surface area contributed by atoms with Gasteiger partial charge in [0.2, 0.25) is 0 Å². The molecule has 0 saturated carbocycles. The van der Waals surface area contributed by atoms with Crippen LogP contribution in [-0.4, -0.2) is 43.1 Å². The molecule has 1 aromatic heterocycles. The van der Waals surface area contributed by atoms with E-state index < -0.39 is 0 Å². The van der Waals surface area contributed by atoms with Crippen molar-refractivity contribution in [3.05, 3.63) is 48.3 Å². The summed E-state index contributed by atoms with van der Waals surface area (Å²) >= 11 is 0. The molecule has 2 N–H and O–H groups in total. The van der Waals surface area contributed by atoms with Crippen LogP contribution in [0.15, 0.2) is 42.7 Å². The SMILES string of the molecule is COCCNCCCNCc1cccc(-n2cccn2)c1. The average molecular weight is 288 g/mol. The first-order valence-corrected chi connectivity index (χ1v) is 7.39. The fourth-order valence-electron chi connectivity index (χ4n) is 2.10. The zero-order valence-corrected chi connectivity index (χ0v) is 12.6. The predicted octanol–water partition coefficient (Wildman–Crippen LogP) is 1.59. The Morgan fingerprint density at radius 2 is 2.05 bits per heavy atom. The van der Waals surface area contributed by atoms with Gasteiger partial charge in [0.15, 0.2) is 0 Å². The van der Waals surface area contributed by atoms with E-state index in [2.05, 4.69) is 40.0 Å². The second-order valence-corrected chi connectivity index (χ2v) is 4.89. The molecular weight excluding hydrogens is 264 g/mol. The van der Waals surface area contributed by atoms with Gasteiger partial charge in [0.25, 0.3) is 0 Å². The second-order valence-electron chi connectivity index (χ2n) is 4.89. The zero-order chi connectivity index (χ0) is 14.8. The number of nitrogens with one attached hydrogen (secondary N) is 2. The summed E-state index contributed by atoms with van der Waals surface area (Å²) in [5, 5.41) is 11.1. The molecule has 0 aliphatic heterocycles. The highest BCUT2D eigenvalue weighted by molar-refractivity contribution is 5.34. The van der Waals surface area contributed by atoms with Gasteiger partial charge in [-0.1, -0.05) is 12.1 Å². The van der Waals surface area contributed by atoms with Gasteiger partial charge in [0, 0.05) is 32.6 Å². The molecule has 1 aromatic carbocycles. The Morgan fingerprint density at radius 3 is 2.86 bits per heavy atom. The highest BCUT2D eigenvalue weighted by Gasteiger charge is 1.98. The van der Waals surface area contributed by atoms with Crippen molar-refractivity contribution in [3.8, 4) is 5.69 Å². The standard InChI is InChI=1S/C16H24N4O/c1-21-12-10-17-7-3-8-18-14-15-5-2-6-16(13-15)20-11-4-9-19-20/h2,4-6,9,11,13,17-18H,3,7-8,10,12,14H2,1H3. The highest BCUT2D eigenvalue weighted by atomic mass is 16.5. The number of methoxy groups -OCH3 is 1. The van der Waals surface area contributed by atoms with Gasteiger partial charge in [-0.05, 0) is 43.3 Å². The number of nitrogens with zero attached hydrogens (tertiary/aromatic N) is 2. The molecule has 1 heterocycles. The molecule has 0 spiro atoms. The maximum atomic E-state index is 4.98. The fourth-order valence-corrected chi connectivity index (χ4v) is 2.10. The van der Waals surface area contributed by atoms with E-state index in [-0.39, 0.29) is 0 Å². The normalized spacial score (nSPS) is 10.9. The van der Waals surface area contributed by atoms with Crippen LogP contribution < -0.4 is 10.6 Å². The number of aromatic nitrogens is 2. The molecule has 0 bridgehead atoms. The Bertz CT molecular complexity index is 499. The summed E-state index contributed by atoms with van der Waals surface area (Å²) in [6, 6.07) is 10.4. The van der Waals surface area contributed by atoms with Gasteiger partial charge in [-0.25, -0.2) is 4.68 Å². The van der Waals surface area contributed by atoms with Gasteiger partial charge in [-0.2, -0.15) is 5.10 Å². The summed E-state index contributed by atoms with van der Waals surface area (Å²) in [4.78, 5) is 0. The van der Waals surface area contributed by atoms with Crippen LogP contribution in [0, 0.1) is 0 Å². The van der Waals surface area contributed by atoms with E-state index in [1.54, 1.807) is 13.3 Å². The number of rotatable bonds is 10. The van der Waals surface area contributed by atoms with Gasteiger partial charge in [0.1, 0.15) is 0 Å². The molecule has 0 aliphatic carbocycles. The Hall–Kier alpha value is -1.69. The van der Waals surface area contributed by atoms with Crippen LogP contribution >= 0.6 is 0 Å². The summed E-state index contributed by atoms with van der Waals surface area (Å²) in [5.74, 6) is 0. The molecule has 0 saturated heterocycles. The fraction of sp³-hybridized carbons (Fsp3) is 0.438. The Kier molecular flexibility index (Phi) is 6.94. The smallest absolute Gasteiger partial charge is 0.0648 e. The molecule has 2 rings (SSSR count). The first-order chi connectivity index (χ1) is 10.4. The first kappa shape index (κ1) is 15.7. The van der Waals surface area contributed by atoms with Crippen molar-refractivity contribution < 1.29 is 4.74 Å². The Balaban J connectivity index is 1.66. The van der Waals surface area contributed by atoms with Gasteiger partial charge >= 0.3 is 0 Å². The summed E-state index contributed by atoms with van der Waals surface area (Å²) in [6.07, 6.45) is 4.86. The number of benzene rings is 1. The van der Waals surface area contributed by atoms with E-state index in [0.717, 1.165) is 44.9 Å². The Labute approximate surface area is 126 Å². The number of hydrogen-bond acceptors (Lipinski definition) is 4. The van der Waals surface area contributed by atoms with Crippen LogP contribution in [0.2, 0.25) is 0 Å². The molecule has 2 aromatic rings. The molecule has 0 unspecified atom stereocenters. The van der Waals surface area contributed by atoms with Crippen molar-refractivity contribution >= 4 is 0 Å². The molecule has 0 atom stereocenters. The maximum Gasteiger partial charge on any atom is 0.0648 e. The van der Waals surface area contributed by atoms with E-state index in [9.17, 15) is 0 Å². The molecule has 21 heavy (non-hydrogen) atoms. The minimum absolute atomic E-state index is 0.771. The lowest BCUT2D eigenvalue weighted by Gasteiger charge is -2.08. The second kappa shape index (κ2) is 9.28. The minimum atomic E-state index is 0.771. The third-order valence-corrected chi connectivity index (χ3v) is 3.20. The van der Waals surface area contributed by atoms with Crippen molar-refractivity contribution in [2.75, 3.05) is 33.4 Å². The van der Waals surface area contributed by atoms with E-state index in [0.29, 0.717) is 0 Å². The lowest BCUT2D eigenvalue weighted by atomic mass is 10.2. The van der Waals surface area contributed by atoms with Crippen molar-refractivity contribution in [1.82, 2.24) is 20.4 Å². The van der Waals surface area contributed by atoms with Crippen molar-refractivity contribution in [3.63, 3.8) is 0 Å². The molecule has 5 nitrogen and oxygen atoms in total. The molecule has 5 heteroatoms. The topological polar surface area (TPSA) is 51.1 Å².